The van der Waals surface area contributed by atoms with Gasteiger partial charge in [0.1, 0.15) is 0 Å². The molecule has 206 valence electrons. The number of benzene rings is 6. The Bertz CT molecular complexity index is 2290. The maximum atomic E-state index is 4.39. The quantitative estimate of drug-likeness (QED) is 0.194. The van der Waals surface area contributed by atoms with Gasteiger partial charge in [-0.2, -0.15) is 0 Å². The first-order valence-electron chi connectivity index (χ1n) is 14.9. The molecule has 7 rings (SSSR count). The van der Waals surface area contributed by atoms with Gasteiger partial charge in [-0.25, -0.2) is 0 Å². The number of aromatic nitrogens is 1. The Labute approximate surface area is 252 Å². The van der Waals surface area contributed by atoms with Crippen molar-refractivity contribution in [2.45, 2.75) is 20.3 Å². The minimum atomic E-state index is 0.847. The van der Waals surface area contributed by atoms with E-state index in [4.69, 9.17) is 0 Å². The van der Waals surface area contributed by atoms with E-state index in [0.29, 0.717) is 0 Å². The Morgan fingerprint density at radius 2 is 1.35 bits per heavy atom. The lowest BCUT2D eigenvalue weighted by atomic mass is 9.84. The fourth-order valence-electron chi connectivity index (χ4n) is 6.37. The summed E-state index contributed by atoms with van der Waals surface area (Å²) in [5.41, 5.74) is 8.84. The van der Waals surface area contributed by atoms with Crippen molar-refractivity contribution >= 4 is 50.5 Å². The maximum Gasteiger partial charge on any atom is 0.0303 e. The van der Waals surface area contributed by atoms with Gasteiger partial charge in [0.05, 0.1) is 0 Å². The van der Waals surface area contributed by atoms with E-state index in [2.05, 4.69) is 153 Å². The minimum Gasteiger partial charge on any atom is -0.264 e. The van der Waals surface area contributed by atoms with Gasteiger partial charge in [0, 0.05) is 12.4 Å². The van der Waals surface area contributed by atoms with Gasteiger partial charge in [0.25, 0.3) is 0 Å². The van der Waals surface area contributed by atoms with Gasteiger partial charge in [0.2, 0.25) is 0 Å². The second kappa shape index (κ2) is 11.2. The number of fused-ring (bicyclic) bond motifs is 4. The molecule has 0 bridgehead atoms. The number of nitrogens with zero attached hydrogens (tertiary/aromatic N) is 1. The Morgan fingerprint density at radius 1 is 0.698 bits per heavy atom. The molecule has 0 saturated heterocycles. The average Bonchev–Trinajstić information content (AvgIpc) is 3.05. The highest BCUT2D eigenvalue weighted by Gasteiger charge is 2.17. The van der Waals surface area contributed by atoms with Gasteiger partial charge in [-0.3, -0.25) is 4.98 Å². The summed E-state index contributed by atoms with van der Waals surface area (Å²) in [7, 11) is 0. The van der Waals surface area contributed by atoms with Crippen LogP contribution in [0.15, 0.2) is 134 Å². The number of hydrogen-bond donors (Lipinski definition) is 0. The smallest absolute Gasteiger partial charge is 0.0303 e. The van der Waals surface area contributed by atoms with Crippen LogP contribution in [0.3, 0.4) is 0 Å². The van der Waals surface area contributed by atoms with Crippen LogP contribution in [0.4, 0.5) is 0 Å². The van der Waals surface area contributed by atoms with Crippen molar-refractivity contribution in [2.75, 3.05) is 0 Å². The van der Waals surface area contributed by atoms with Crippen LogP contribution < -0.4 is 10.4 Å². The third-order valence-electron chi connectivity index (χ3n) is 8.71. The highest BCUT2D eigenvalue weighted by Crippen LogP contribution is 2.41. The van der Waals surface area contributed by atoms with E-state index in [9.17, 15) is 0 Å². The maximum absolute atomic E-state index is 4.39. The second-order valence-electron chi connectivity index (χ2n) is 11.4. The van der Waals surface area contributed by atoms with E-state index in [1.807, 2.05) is 12.4 Å². The largest absolute Gasteiger partial charge is 0.264 e. The first-order valence-corrected chi connectivity index (χ1v) is 14.9. The molecule has 0 amide bonds. The van der Waals surface area contributed by atoms with Crippen molar-refractivity contribution in [1.82, 2.24) is 4.98 Å². The van der Waals surface area contributed by atoms with E-state index in [-0.39, 0.29) is 0 Å². The number of allylic oxidation sites excluding steroid dienone is 2. The molecule has 0 spiro atoms. The lowest BCUT2D eigenvalue weighted by Gasteiger charge is -2.19. The zero-order chi connectivity index (χ0) is 29.3. The molecule has 43 heavy (non-hydrogen) atoms. The molecule has 6 aromatic carbocycles. The normalized spacial score (nSPS) is 12.4. The van der Waals surface area contributed by atoms with Crippen LogP contribution in [0.25, 0.3) is 61.7 Å². The summed E-state index contributed by atoms with van der Waals surface area (Å²) in [4.78, 5) is 4.39. The fourth-order valence-corrected chi connectivity index (χ4v) is 6.37. The van der Waals surface area contributed by atoms with Crippen LogP contribution in [0.5, 0.6) is 0 Å². The van der Waals surface area contributed by atoms with Crippen LogP contribution in [0.1, 0.15) is 29.2 Å². The molecule has 7 aromatic rings. The number of pyridine rings is 1. The molecule has 0 aliphatic heterocycles. The lowest BCUT2D eigenvalue weighted by Crippen LogP contribution is -2.23. The standard InChI is InChI=1S/C42H33N/c1-28(16-19-33-22-23-34-10-4-5-11-36(34)30(33)3)32-20-17-31(18-21-32)26-41-39-14-7-6-12-37(39)38-13-8-9-15-40(38)42(41)35-24-25-43-27-29(35)2/h4-25,27H,3,26H2,1-2H3/b28-16+,33-19-. The zero-order valence-electron chi connectivity index (χ0n) is 24.6. The molecule has 1 heteroatoms. The molecule has 0 fully saturated rings. The molecular formula is C42H33N. The summed E-state index contributed by atoms with van der Waals surface area (Å²) in [6.07, 6.45) is 9.11. The Morgan fingerprint density at radius 3 is 2.09 bits per heavy atom. The minimum absolute atomic E-state index is 0.847. The Kier molecular flexibility index (Phi) is 6.93. The van der Waals surface area contributed by atoms with Crippen LogP contribution in [0.2, 0.25) is 0 Å². The van der Waals surface area contributed by atoms with E-state index in [0.717, 1.165) is 16.9 Å². The molecule has 0 aliphatic carbocycles. The highest BCUT2D eigenvalue weighted by molar-refractivity contribution is 6.16. The fraction of sp³-hybridized carbons (Fsp3) is 0.0714. The van der Waals surface area contributed by atoms with E-state index in [1.165, 1.54) is 71.3 Å². The molecule has 1 aromatic heterocycles. The van der Waals surface area contributed by atoms with E-state index in [1.54, 1.807) is 0 Å². The summed E-state index contributed by atoms with van der Waals surface area (Å²) >= 11 is 0. The van der Waals surface area contributed by atoms with Crippen LogP contribution in [-0.2, 0) is 6.42 Å². The molecule has 1 heterocycles. The van der Waals surface area contributed by atoms with Crippen molar-refractivity contribution in [2.24, 2.45) is 0 Å². The van der Waals surface area contributed by atoms with Crippen molar-refractivity contribution in [3.8, 4) is 11.1 Å². The van der Waals surface area contributed by atoms with Crippen molar-refractivity contribution in [3.63, 3.8) is 0 Å². The molecule has 0 saturated carbocycles. The highest BCUT2D eigenvalue weighted by atomic mass is 14.6. The second-order valence-corrected chi connectivity index (χ2v) is 11.4. The van der Waals surface area contributed by atoms with Gasteiger partial charge >= 0.3 is 0 Å². The summed E-state index contributed by atoms with van der Waals surface area (Å²) in [6, 6.07) is 41.6. The lowest BCUT2D eigenvalue weighted by molar-refractivity contribution is 1.21. The first-order chi connectivity index (χ1) is 21.1. The van der Waals surface area contributed by atoms with Crippen molar-refractivity contribution < 1.29 is 0 Å². The van der Waals surface area contributed by atoms with Gasteiger partial charge in [-0.15, -0.1) is 0 Å². The third-order valence-corrected chi connectivity index (χ3v) is 8.71. The van der Waals surface area contributed by atoms with E-state index < -0.39 is 0 Å². The molecule has 0 radical (unpaired) electrons. The molecular weight excluding hydrogens is 518 g/mol. The van der Waals surface area contributed by atoms with Crippen LogP contribution >= 0.6 is 0 Å². The predicted molar refractivity (Wildman–Crippen MR) is 186 cm³/mol. The number of rotatable bonds is 5. The SMILES string of the molecule is C=c1/c(=C\C=C(/C)c2ccc(Cc3c(-c4ccncc4C)c4ccccc4c4ccccc34)cc2)ccc2ccccc12. The molecule has 0 N–H and O–H groups in total. The predicted octanol–water partition coefficient (Wildman–Crippen LogP) is 9.40. The van der Waals surface area contributed by atoms with Gasteiger partial charge in [-0.1, -0.05) is 128 Å². The molecule has 0 unspecified atom stereocenters. The van der Waals surface area contributed by atoms with Crippen molar-refractivity contribution in [3.05, 3.63) is 166 Å². The van der Waals surface area contributed by atoms with E-state index >= 15 is 0 Å². The van der Waals surface area contributed by atoms with Gasteiger partial charge in [0.15, 0.2) is 0 Å². The topological polar surface area (TPSA) is 12.9 Å². The number of hydrogen-bond acceptors (Lipinski definition) is 1. The molecule has 0 atom stereocenters. The summed E-state index contributed by atoms with van der Waals surface area (Å²) < 4.78 is 0. The third kappa shape index (κ3) is 4.94. The molecule has 0 aliphatic rings. The summed E-state index contributed by atoms with van der Waals surface area (Å²) in [6.45, 7) is 8.70. The van der Waals surface area contributed by atoms with Gasteiger partial charge < -0.3 is 0 Å². The number of aryl methyl sites for hydroxylation is 1. The van der Waals surface area contributed by atoms with Crippen molar-refractivity contribution in [1.29, 1.82) is 0 Å². The monoisotopic (exact) mass is 551 g/mol. The Hall–Kier alpha value is -5.27. The first kappa shape index (κ1) is 26.6. The summed E-state index contributed by atoms with van der Waals surface area (Å²) in [5.74, 6) is 0. The molecule has 1 nitrogen and oxygen atoms in total. The van der Waals surface area contributed by atoms with Crippen LogP contribution in [-0.4, -0.2) is 4.98 Å². The van der Waals surface area contributed by atoms with Gasteiger partial charge in [-0.05, 0) is 108 Å². The van der Waals surface area contributed by atoms with Crippen LogP contribution in [0, 0.1) is 6.92 Å². The Balaban J connectivity index is 1.29. The average molecular weight is 552 g/mol. The zero-order valence-corrected chi connectivity index (χ0v) is 24.6. The summed E-state index contributed by atoms with van der Waals surface area (Å²) in [5, 5.41) is 9.83.